The van der Waals surface area contributed by atoms with E-state index >= 15 is 0 Å². The highest BCUT2D eigenvalue weighted by molar-refractivity contribution is 5.72. The highest BCUT2D eigenvalue weighted by Gasteiger charge is 2.22. The molecular formula is C19H38N4O4. The topological polar surface area (TPSA) is 83.1 Å². The van der Waals surface area contributed by atoms with Crippen LogP contribution in [0.2, 0.25) is 0 Å². The van der Waals surface area contributed by atoms with Crippen molar-refractivity contribution >= 4 is 12.1 Å². The lowest BCUT2D eigenvalue weighted by Crippen LogP contribution is -2.47. The van der Waals surface area contributed by atoms with E-state index in [9.17, 15) is 9.59 Å². The molecular weight excluding hydrogens is 348 g/mol. The van der Waals surface area contributed by atoms with E-state index in [1.165, 1.54) is 0 Å². The van der Waals surface area contributed by atoms with Crippen molar-refractivity contribution in [3.05, 3.63) is 0 Å². The number of ether oxygens (including phenoxy) is 2. The summed E-state index contributed by atoms with van der Waals surface area (Å²) < 4.78 is 10.9. The fraction of sp³-hybridized carbons (Fsp3) is 0.895. The first-order chi connectivity index (χ1) is 12.5. The van der Waals surface area contributed by atoms with Gasteiger partial charge in [0.05, 0.1) is 6.54 Å². The third kappa shape index (κ3) is 11.8. The molecule has 158 valence electrons. The normalized spacial score (nSPS) is 19.0. The SMILES string of the molecule is CC(C)(C)OC(=O)CN1CCNCCN(C(=O)OC(C)(C)C)CCNCC1. The molecule has 1 amide bonds. The second-order valence-corrected chi connectivity index (χ2v) is 8.83. The van der Waals surface area contributed by atoms with Crippen LogP contribution in [0.5, 0.6) is 0 Å². The van der Waals surface area contributed by atoms with Crippen LogP contribution in [0.3, 0.4) is 0 Å². The quantitative estimate of drug-likeness (QED) is 0.687. The van der Waals surface area contributed by atoms with Gasteiger partial charge in [0.2, 0.25) is 0 Å². The van der Waals surface area contributed by atoms with Crippen molar-refractivity contribution < 1.29 is 19.1 Å². The van der Waals surface area contributed by atoms with Gasteiger partial charge in [0, 0.05) is 52.4 Å². The minimum absolute atomic E-state index is 0.203. The molecule has 8 heteroatoms. The molecule has 0 aromatic rings. The molecule has 1 rings (SSSR count). The van der Waals surface area contributed by atoms with Gasteiger partial charge in [-0.3, -0.25) is 9.69 Å². The maximum Gasteiger partial charge on any atom is 0.410 e. The fourth-order valence-corrected chi connectivity index (χ4v) is 2.60. The van der Waals surface area contributed by atoms with Crippen LogP contribution >= 0.6 is 0 Å². The van der Waals surface area contributed by atoms with Gasteiger partial charge in [-0.1, -0.05) is 0 Å². The monoisotopic (exact) mass is 386 g/mol. The number of nitrogens with one attached hydrogen (secondary N) is 2. The lowest BCUT2D eigenvalue weighted by atomic mass is 10.2. The summed E-state index contributed by atoms with van der Waals surface area (Å²) in [5.41, 5.74) is -0.963. The zero-order valence-corrected chi connectivity index (χ0v) is 17.9. The van der Waals surface area contributed by atoms with Crippen molar-refractivity contribution in [2.45, 2.75) is 52.7 Å². The Morgan fingerprint density at radius 1 is 0.778 bits per heavy atom. The van der Waals surface area contributed by atoms with Gasteiger partial charge < -0.3 is 25.0 Å². The molecule has 0 aliphatic carbocycles. The summed E-state index contributed by atoms with van der Waals surface area (Å²) in [4.78, 5) is 28.2. The summed E-state index contributed by atoms with van der Waals surface area (Å²) in [6, 6.07) is 0. The lowest BCUT2D eigenvalue weighted by Gasteiger charge is -2.29. The zero-order chi connectivity index (χ0) is 20.5. The minimum atomic E-state index is -0.496. The van der Waals surface area contributed by atoms with Crippen molar-refractivity contribution in [1.82, 2.24) is 20.4 Å². The van der Waals surface area contributed by atoms with Crippen molar-refractivity contribution in [3.8, 4) is 0 Å². The number of amides is 1. The molecule has 0 saturated carbocycles. The average Bonchev–Trinajstić information content (AvgIpc) is 2.46. The van der Waals surface area contributed by atoms with Gasteiger partial charge in [0.1, 0.15) is 11.2 Å². The molecule has 1 heterocycles. The smallest absolute Gasteiger partial charge is 0.410 e. The van der Waals surface area contributed by atoms with E-state index in [2.05, 4.69) is 15.5 Å². The highest BCUT2D eigenvalue weighted by atomic mass is 16.6. The van der Waals surface area contributed by atoms with E-state index in [0.717, 1.165) is 26.2 Å². The van der Waals surface area contributed by atoms with Crippen LogP contribution in [0.1, 0.15) is 41.5 Å². The molecule has 0 spiro atoms. The number of hydrogen-bond donors (Lipinski definition) is 2. The molecule has 1 fully saturated rings. The van der Waals surface area contributed by atoms with Gasteiger partial charge in [0.25, 0.3) is 0 Å². The number of hydrogen-bond acceptors (Lipinski definition) is 7. The molecule has 0 unspecified atom stereocenters. The van der Waals surface area contributed by atoms with Gasteiger partial charge in [-0.25, -0.2) is 4.79 Å². The minimum Gasteiger partial charge on any atom is -0.459 e. The number of carbonyl (C=O) groups excluding carboxylic acids is 2. The zero-order valence-electron chi connectivity index (χ0n) is 17.9. The van der Waals surface area contributed by atoms with Gasteiger partial charge in [0.15, 0.2) is 0 Å². The summed E-state index contributed by atoms with van der Waals surface area (Å²) in [6.45, 7) is 17.0. The largest absolute Gasteiger partial charge is 0.459 e. The van der Waals surface area contributed by atoms with Crippen molar-refractivity contribution in [2.75, 3.05) is 58.9 Å². The van der Waals surface area contributed by atoms with Crippen LogP contribution in [0, 0.1) is 0 Å². The van der Waals surface area contributed by atoms with Gasteiger partial charge in [-0.15, -0.1) is 0 Å². The number of nitrogens with zero attached hydrogens (tertiary/aromatic N) is 2. The van der Waals surface area contributed by atoms with E-state index in [4.69, 9.17) is 9.47 Å². The second-order valence-electron chi connectivity index (χ2n) is 8.83. The summed E-state index contributed by atoms with van der Waals surface area (Å²) in [5, 5.41) is 6.68. The molecule has 1 aliphatic heterocycles. The Morgan fingerprint density at radius 2 is 1.22 bits per heavy atom. The number of esters is 1. The Kier molecular flexibility index (Phi) is 9.49. The average molecular weight is 387 g/mol. The molecule has 0 aromatic heterocycles. The highest BCUT2D eigenvalue weighted by Crippen LogP contribution is 2.10. The van der Waals surface area contributed by atoms with Crippen LogP contribution in [0.15, 0.2) is 0 Å². The van der Waals surface area contributed by atoms with Gasteiger partial charge >= 0.3 is 12.1 Å². The molecule has 1 saturated heterocycles. The first-order valence-electron chi connectivity index (χ1n) is 9.80. The molecule has 8 nitrogen and oxygen atoms in total. The van der Waals surface area contributed by atoms with Crippen LogP contribution in [-0.4, -0.2) is 92.0 Å². The third-order valence-corrected chi connectivity index (χ3v) is 3.75. The summed E-state index contributed by atoms with van der Waals surface area (Å²) in [5.74, 6) is -0.203. The molecule has 0 radical (unpaired) electrons. The van der Waals surface area contributed by atoms with Crippen LogP contribution in [0.4, 0.5) is 4.79 Å². The number of rotatable bonds is 2. The van der Waals surface area contributed by atoms with Crippen molar-refractivity contribution in [3.63, 3.8) is 0 Å². The van der Waals surface area contributed by atoms with E-state index in [0.29, 0.717) is 26.2 Å². The third-order valence-electron chi connectivity index (χ3n) is 3.75. The van der Waals surface area contributed by atoms with E-state index in [1.807, 2.05) is 41.5 Å². The Morgan fingerprint density at radius 3 is 1.67 bits per heavy atom. The Labute approximate surface area is 163 Å². The van der Waals surface area contributed by atoms with Gasteiger partial charge in [-0.05, 0) is 41.5 Å². The first-order valence-corrected chi connectivity index (χ1v) is 9.80. The predicted molar refractivity (Wildman–Crippen MR) is 106 cm³/mol. The molecule has 0 aromatic carbocycles. The Hall–Kier alpha value is -1.38. The molecule has 0 atom stereocenters. The van der Waals surface area contributed by atoms with Crippen LogP contribution in [0.25, 0.3) is 0 Å². The summed E-state index contributed by atoms with van der Waals surface area (Å²) in [7, 11) is 0. The molecule has 2 N–H and O–H groups in total. The fourth-order valence-electron chi connectivity index (χ4n) is 2.60. The van der Waals surface area contributed by atoms with Crippen molar-refractivity contribution in [2.24, 2.45) is 0 Å². The molecule has 1 aliphatic rings. The van der Waals surface area contributed by atoms with E-state index < -0.39 is 11.2 Å². The predicted octanol–water partition coefficient (Wildman–Crippen LogP) is 1.06. The lowest BCUT2D eigenvalue weighted by molar-refractivity contribution is -0.156. The van der Waals surface area contributed by atoms with E-state index in [1.54, 1.807) is 4.90 Å². The maximum absolute atomic E-state index is 12.3. The Balaban J connectivity index is 2.49. The standard InChI is InChI=1S/C19H38N4O4/c1-18(2,3)26-16(24)15-22-11-7-20-9-13-23(14-10-21-8-12-22)17(25)27-19(4,5)6/h20-21H,7-15H2,1-6H3. The Bertz CT molecular complexity index is 457. The van der Waals surface area contributed by atoms with Crippen LogP contribution < -0.4 is 10.6 Å². The summed E-state index contributed by atoms with van der Waals surface area (Å²) >= 11 is 0. The molecule has 27 heavy (non-hydrogen) atoms. The maximum atomic E-state index is 12.3. The second kappa shape index (κ2) is 10.8. The van der Waals surface area contributed by atoms with Gasteiger partial charge in [-0.2, -0.15) is 0 Å². The van der Waals surface area contributed by atoms with Crippen molar-refractivity contribution in [1.29, 1.82) is 0 Å². The van der Waals surface area contributed by atoms with Crippen LogP contribution in [-0.2, 0) is 14.3 Å². The first kappa shape index (κ1) is 23.7. The molecule has 0 bridgehead atoms. The summed E-state index contributed by atoms with van der Waals surface area (Å²) in [6.07, 6.45) is -0.283. The number of carbonyl (C=O) groups is 2. The van der Waals surface area contributed by atoms with E-state index in [-0.39, 0.29) is 18.6 Å².